The van der Waals surface area contributed by atoms with Crippen molar-refractivity contribution < 1.29 is 17.9 Å². The van der Waals surface area contributed by atoms with Gasteiger partial charge >= 0.3 is 0 Å². The van der Waals surface area contributed by atoms with Gasteiger partial charge in [-0.3, -0.25) is 4.79 Å². The molecular weight excluding hydrogens is 376 g/mol. The van der Waals surface area contributed by atoms with Crippen LogP contribution in [0.1, 0.15) is 17.5 Å². The summed E-state index contributed by atoms with van der Waals surface area (Å²) in [6, 6.07) is 14.7. The number of nitrogens with zero attached hydrogens (tertiary/aromatic N) is 1. The maximum absolute atomic E-state index is 12.3. The Morgan fingerprint density at radius 3 is 2.32 bits per heavy atom. The highest BCUT2D eigenvalue weighted by molar-refractivity contribution is 7.91. The Hall–Kier alpha value is -2.38. The lowest BCUT2D eigenvalue weighted by atomic mass is 10.2. The number of rotatable bonds is 7. The van der Waals surface area contributed by atoms with Crippen LogP contribution in [0.2, 0.25) is 0 Å². The van der Waals surface area contributed by atoms with Gasteiger partial charge in [0.2, 0.25) is 5.91 Å². The summed E-state index contributed by atoms with van der Waals surface area (Å²) >= 11 is 0. The van der Waals surface area contributed by atoms with Crippen molar-refractivity contribution in [1.29, 1.82) is 0 Å². The van der Waals surface area contributed by atoms with Gasteiger partial charge in [0.1, 0.15) is 0 Å². The average Bonchev–Trinajstić information content (AvgIpc) is 2.72. The van der Waals surface area contributed by atoms with Crippen molar-refractivity contribution in [3.8, 4) is 0 Å². The van der Waals surface area contributed by atoms with Crippen LogP contribution in [0, 0.1) is 6.92 Å². The highest BCUT2D eigenvalue weighted by Gasteiger charge is 2.16. The van der Waals surface area contributed by atoms with Crippen LogP contribution in [0.4, 0.5) is 5.69 Å². The topological polar surface area (TPSA) is 75.7 Å². The first-order valence-corrected chi connectivity index (χ1v) is 11.1. The quantitative estimate of drug-likeness (QED) is 0.769. The molecule has 1 saturated heterocycles. The lowest BCUT2D eigenvalue weighted by Crippen LogP contribution is -2.36. The van der Waals surface area contributed by atoms with Gasteiger partial charge in [0.05, 0.1) is 23.9 Å². The molecule has 6 nitrogen and oxygen atoms in total. The number of nitrogens with one attached hydrogen (secondary N) is 1. The minimum absolute atomic E-state index is 0.0535. The molecule has 0 atom stereocenters. The molecule has 0 aromatic heterocycles. The lowest BCUT2D eigenvalue weighted by Gasteiger charge is -2.28. The molecule has 7 heteroatoms. The van der Waals surface area contributed by atoms with E-state index in [0.29, 0.717) is 6.54 Å². The molecule has 1 heterocycles. The van der Waals surface area contributed by atoms with Crippen molar-refractivity contribution in [3.05, 3.63) is 59.7 Å². The van der Waals surface area contributed by atoms with Gasteiger partial charge in [-0.2, -0.15) is 0 Å². The second-order valence-corrected chi connectivity index (χ2v) is 9.03. The van der Waals surface area contributed by atoms with Crippen LogP contribution in [0.5, 0.6) is 0 Å². The van der Waals surface area contributed by atoms with E-state index in [9.17, 15) is 13.2 Å². The number of anilines is 1. The van der Waals surface area contributed by atoms with Gasteiger partial charge in [-0.25, -0.2) is 8.42 Å². The molecule has 1 amide bonds. The maximum atomic E-state index is 12.3. The molecule has 3 rings (SSSR count). The Morgan fingerprint density at radius 1 is 1.04 bits per heavy atom. The zero-order valence-corrected chi connectivity index (χ0v) is 16.9. The van der Waals surface area contributed by atoms with Gasteiger partial charge in [0.15, 0.2) is 9.84 Å². The molecule has 150 valence electrons. The zero-order chi connectivity index (χ0) is 20.0. The SMILES string of the molecule is Cc1ccc(S(=O)(=O)CCC(=O)NCc2ccc(N3CCOCC3)cc2)cc1. The predicted molar refractivity (Wildman–Crippen MR) is 109 cm³/mol. The number of benzene rings is 2. The molecule has 0 saturated carbocycles. The van der Waals surface area contributed by atoms with E-state index in [1.54, 1.807) is 24.3 Å². The summed E-state index contributed by atoms with van der Waals surface area (Å²) in [4.78, 5) is 14.6. The van der Waals surface area contributed by atoms with Gasteiger partial charge in [-0.05, 0) is 36.8 Å². The number of carbonyl (C=O) groups excluding carboxylic acids is 1. The predicted octanol–water partition coefficient (Wildman–Crippen LogP) is 2.31. The summed E-state index contributed by atoms with van der Waals surface area (Å²) in [6.07, 6.45) is -0.0535. The van der Waals surface area contributed by atoms with E-state index >= 15 is 0 Å². The lowest BCUT2D eigenvalue weighted by molar-refractivity contribution is -0.120. The first kappa shape index (κ1) is 20.4. The largest absolute Gasteiger partial charge is 0.378 e. The first-order chi connectivity index (χ1) is 13.4. The monoisotopic (exact) mass is 402 g/mol. The number of hydrogen-bond donors (Lipinski definition) is 1. The van der Waals surface area contributed by atoms with E-state index in [1.165, 1.54) is 0 Å². The molecule has 0 bridgehead atoms. The summed E-state index contributed by atoms with van der Waals surface area (Å²) < 4.78 is 30.0. The third-order valence-corrected chi connectivity index (χ3v) is 6.51. The van der Waals surface area contributed by atoms with Crippen molar-refractivity contribution >= 4 is 21.4 Å². The Bertz CT molecular complexity index is 887. The van der Waals surface area contributed by atoms with Gasteiger partial charge in [0.25, 0.3) is 0 Å². The average molecular weight is 403 g/mol. The normalized spacial score (nSPS) is 14.7. The summed E-state index contributed by atoms with van der Waals surface area (Å²) in [5, 5.41) is 2.79. The Morgan fingerprint density at radius 2 is 1.68 bits per heavy atom. The van der Waals surface area contributed by atoms with Crippen molar-refractivity contribution in [2.45, 2.75) is 24.8 Å². The van der Waals surface area contributed by atoms with E-state index in [0.717, 1.165) is 43.1 Å². The van der Waals surface area contributed by atoms with Gasteiger partial charge < -0.3 is 15.0 Å². The summed E-state index contributed by atoms with van der Waals surface area (Å²) in [6.45, 7) is 5.52. The fraction of sp³-hybridized carbons (Fsp3) is 0.381. The maximum Gasteiger partial charge on any atom is 0.221 e. The Kier molecular flexibility index (Phi) is 6.70. The highest BCUT2D eigenvalue weighted by Crippen LogP contribution is 2.17. The summed E-state index contributed by atoms with van der Waals surface area (Å²) in [7, 11) is -3.45. The minimum Gasteiger partial charge on any atom is -0.378 e. The zero-order valence-electron chi connectivity index (χ0n) is 16.1. The number of amides is 1. The number of morpholine rings is 1. The summed E-state index contributed by atoms with van der Waals surface area (Å²) in [5.41, 5.74) is 3.12. The number of hydrogen-bond acceptors (Lipinski definition) is 5. The van der Waals surface area contributed by atoms with Crippen LogP contribution in [0.15, 0.2) is 53.4 Å². The Labute approximate surface area is 166 Å². The van der Waals surface area contributed by atoms with E-state index in [-0.39, 0.29) is 23.0 Å². The second kappa shape index (κ2) is 9.21. The molecule has 0 unspecified atom stereocenters. The standard InChI is InChI=1S/C21H26N2O4S/c1-17-2-8-20(9-3-17)28(25,26)15-10-21(24)22-16-18-4-6-19(7-5-18)23-11-13-27-14-12-23/h2-9H,10-16H2,1H3,(H,22,24). The molecule has 0 aliphatic carbocycles. The molecule has 2 aromatic carbocycles. The first-order valence-electron chi connectivity index (χ1n) is 9.42. The molecular formula is C21H26N2O4S. The number of ether oxygens (including phenoxy) is 1. The highest BCUT2D eigenvalue weighted by atomic mass is 32.2. The van der Waals surface area contributed by atoms with Gasteiger partial charge in [0, 0.05) is 31.7 Å². The third kappa shape index (κ3) is 5.56. The van der Waals surface area contributed by atoms with Gasteiger partial charge in [-0.15, -0.1) is 0 Å². The van der Waals surface area contributed by atoms with Crippen molar-refractivity contribution in [1.82, 2.24) is 5.32 Å². The molecule has 1 N–H and O–H groups in total. The molecule has 0 radical (unpaired) electrons. The third-order valence-electron chi connectivity index (χ3n) is 4.78. The van der Waals surface area contributed by atoms with Crippen molar-refractivity contribution in [3.63, 3.8) is 0 Å². The minimum atomic E-state index is -3.45. The van der Waals surface area contributed by atoms with Crippen LogP contribution < -0.4 is 10.2 Å². The fourth-order valence-electron chi connectivity index (χ4n) is 3.03. The van der Waals surface area contributed by atoms with E-state index < -0.39 is 9.84 Å². The van der Waals surface area contributed by atoms with Crippen LogP contribution in [-0.2, 0) is 25.9 Å². The molecule has 0 spiro atoms. The molecule has 28 heavy (non-hydrogen) atoms. The fourth-order valence-corrected chi connectivity index (χ4v) is 4.27. The number of aryl methyl sites for hydroxylation is 1. The van der Waals surface area contributed by atoms with E-state index in [1.807, 2.05) is 31.2 Å². The smallest absolute Gasteiger partial charge is 0.221 e. The van der Waals surface area contributed by atoms with Crippen LogP contribution in [0.25, 0.3) is 0 Å². The van der Waals surface area contributed by atoms with Crippen LogP contribution in [-0.4, -0.2) is 46.4 Å². The van der Waals surface area contributed by atoms with Gasteiger partial charge in [-0.1, -0.05) is 29.8 Å². The molecule has 1 aliphatic heterocycles. The van der Waals surface area contributed by atoms with Crippen molar-refractivity contribution in [2.75, 3.05) is 37.0 Å². The van der Waals surface area contributed by atoms with E-state index in [2.05, 4.69) is 10.2 Å². The number of carbonyl (C=O) groups is 1. The van der Waals surface area contributed by atoms with Crippen molar-refractivity contribution in [2.24, 2.45) is 0 Å². The number of sulfone groups is 1. The van der Waals surface area contributed by atoms with Crippen LogP contribution in [0.3, 0.4) is 0 Å². The molecule has 2 aromatic rings. The van der Waals surface area contributed by atoms with E-state index in [4.69, 9.17) is 4.74 Å². The second-order valence-electron chi connectivity index (χ2n) is 6.92. The van der Waals surface area contributed by atoms with Crippen LogP contribution >= 0.6 is 0 Å². The summed E-state index contributed by atoms with van der Waals surface area (Å²) in [5.74, 6) is -0.467. The molecule has 1 aliphatic rings. The Balaban J connectivity index is 1.46. The molecule has 1 fully saturated rings.